The summed E-state index contributed by atoms with van der Waals surface area (Å²) in [4.78, 5) is 15.7. The molecule has 0 saturated heterocycles. The number of benzene rings is 2. The summed E-state index contributed by atoms with van der Waals surface area (Å²) in [7, 11) is 3.23. The normalized spacial score (nSPS) is 14.0. The van der Waals surface area contributed by atoms with Gasteiger partial charge in [-0.25, -0.2) is 4.39 Å². The number of anilines is 1. The van der Waals surface area contributed by atoms with Crippen LogP contribution in [-0.2, 0) is 11.3 Å². The van der Waals surface area contributed by atoms with Crippen LogP contribution in [0.3, 0.4) is 0 Å². The van der Waals surface area contributed by atoms with E-state index in [0.717, 1.165) is 24.0 Å². The Balaban J connectivity index is 0.00000385. The zero-order valence-corrected chi connectivity index (χ0v) is 21.7. The summed E-state index contributed by atoms with van der Waals surface area (Å²) in [5.74, 6) is 1.50. The third-order valence-electron chi connectivity index (χ3n) is 5.24. The fourth-order valence-corrected chi connectivity index (χ4v) is 3.22. The number of ether oxygens (including phenoxy) is 2. The van der Waals surface area contributed by atoms with Crippen LogP contribution in [0.5, 0.6) is 11.5 Å². The second kappa shape index (κ2) is 12.6. The van der Waals surface area contributed by atoms with E-state index in [1.165, 1.54) is 13.0 Å². The van der Waals surface area contributed by atoms with Gasteiger partial charge in [0.1, 0.15) is 5.75 Å². The predicted octanol–water partition coefficient (Wildman–Crippen LogP) is 4.63. The van der Waals surface area contributed by atoms with Crippen LogP contribution in [0, 0.1) is 11.7 Å². The molecule has 3 N–H and O–H groups in total. The van der Waals surface area contributed by atoms with Crippen molar-refractivity contribution in [3.63, 3.8) is 0 Å². The molecule has 1 saturated carbocycles. The van der Waals surface area contributed by atoms with Gasteiger partial charge in [0, 0.05) is 20.5 Å². The average Bonchev–Trinajstić information content (AvgIpc) is 3.59. The van der Waals surface area contributed by atoms with Gasteiger partial charge in [0.2, 0.25) is 5.91 Å². The van der Waals surface area contributed by atoms with E-state index in [4.69, 9.17) is 9.47 Å². The zero-order chi connectivity index (χ0) is 23.1. The van der Waals surface area contributed by atoms with Crippen LogP contribution in [0.15, 0.2) is 41.4 Å². The minimum absolute atomic E-state index is 0. The molecule has 2 aromatic carbocycles. The molecular weight excluding hydrogens is 538 g/mol. The highest BCUT2D eigenvalue weighted by atomic mass is 127. The number of methoxy groups -OCH3 is 1. The second-order valence-corrected chi connectivity index (χ2v) is 7.95. The Labute approximate surface area is 211 Å². The Morgan fingerprint density at radius 3 is 2.55 bits per heavy atom. The maximum Gasteiger partial charge on any atom is 0.221 e. The van der Waals surface area contributed by atoms with Crippen LogP contribution in [-0.4, -0.2) is 32.6 Å². The molecule has 1 atom stereocenters. The third kappa shape index (κ3) is 8.06. The van der Waals surface area contributed by atoms with Gasteiger partial charge in [0.25, 0.3) is 0 Å². The van der Waals surface area contributed by atoms with Crippen LogP contribution in [0.2, 0.25) is 0 Å². The minimum atomic E-state index is -0.358. The molecule has 1 fully saturated rings. The smallest absolute Gasteiger partial charge is 0.221 e. The van der Waals surface area contributed by atoms with E-state index in [-0.39, 0.29) is 41.7 Å². The highest BCUT2D eigenvalue weighted by Crippen LogP contribution is 2.30. The number of hydrogen-bond donors (Lipinski definition) is 3. The molecule has 3 rings (SSSR count). The van der Waals surface area contributed by atoms with E-state index in [1.54, 1.807) is 26.3 Å². The first-order chi connectivity index (χ1) is 15.4. The van der Waals surface area contributed by atoms with Gasteiger partial charge >= 0.3 is 0 Å². The molecule has 0 aliphatic heterocycles. The first kappa shape index (κ1) is 26.7. The second-order valence-electron chi connectivity index (χ2n) is 7.95. The molecule has 0 radical (unpaired) electrons. The molecule has 9 heteroatoms. The van der Waals surface area contributed by atoms with Crippen LogP contribution in [0.1, 0.15) is 43.9 Å². The molecule has 0 spiro atoms. The van der Waals surface area contributed by atoms with Gasteiger partial charge in [0.15, 0.2) is 17.5 Å². The summed E-state index contributed by atoms with van der Waals surface area (Å²) in [6, 6.07) is 10.4. The number of hydrogen-bond acceptors (Lipinski definition) is 4. The fourth-order valence-electron chi connectivity index (χ4n) is 3.22. The molecule has 1 aliphatic carbocycles. The van der Waals surface area contributed by atoms with Crippen molar-refractivity contribution in [1.29, 1.82) is 0 Å². The predicted molar refractivity (Wildman–Crippen MR) is 139 cm³/mol. The summed E-state index contributed by atoms with van der Waals surface area (Å²) in [5, 5.41) is 9.27. The van der Waals surface area contributed by atoms with Gasteiger partial charge in [-0.05, 0) is 61.1 Å². The van der Waals surface area contributed by atoms with E-state index >= 15 is 0 Å². The number of aliphatic imine (C=N–C) groups is 1. The molecule has 0 aromatic heterocycles. The molecule has 2 aromatic rings. The minimum Gasteiger partial charge on any atom is -0.495 e. The number of nitrogens with one attached hydrogen (secondary N) is 3. The van der Waals surface area contributed by atoms with Crippen molar-refractivity contribution in [3.8, 4) is 11.5 Å². The fraction of sp³-hybridized carbons (Fsp3) is 0.417. The summed E-state index contributed by atoms with van der Waals surface area (Å²) in [6.45, 7) is 4.45. The molecule has 180 valence electrons. The topological polar surface area (TPSA) is 84.0 Å². The van der Waals surface area contributed by atoms with Gasteiger partial charge in [-0.3, -0.25) is 9.79 Å². The van der Waals surface area contributed by atoms with Crippen LogP contribution in [0.4, 0.5) is 10.1 Å². The van der Waals surface area contributed by atoms with Crippen molar-refractivity contribution >= 4 is 41.5 Å². The van der Waals surface area contributed by atoms with E-state index in [9.17, 15) is 9.18 Å². The molecule has 1 aliphatic rings. The molecule has 1 unspecified atom stereocenters. The monoisotopic (exact) mass is 570 g/mol. The van der Waals surface area contributed by atoms with Crippen molar-refractivity contribution in [1.82, 2.24) is 10.6 Å². The van der Waals surface area contributed by atoms with Crippen molar-refractivity contribution in [2.75, 3.05) is 26.1 Å². The summed E-state index contributed by atoms with van der Waals surface area (Å²) in [5.41, 5.74) is 2.34. The Bertz CT molecular complexity index is 982. The molecule has 1 amide bonds. The Kier molecular flexibility index (Phi) is 10.2. The first-order valence-electron chi connectivity index (χ1n) is 10.7. The van der Waals surface area contributed by atoms with Crippen molar-refractivity contribution in [2.24, 2.45) is 10.9 Å². The van der Waals surface area contributed by atoms with Crippen LogP contribution < -0.4 is 25.4 Å². The van der Waals surface area contributed by atoms with Gasteiger partial charge < -0.3 is 25.4 Å². The maximum atomic E-state index is 14.4. The zero-order valence-electron chi connectivity index (χ0n) is 19.4. The van der Waals surface area contributed by atoms with Gasteiger partial charge in [-0.2, -0.15) is 0 Å². The number of carbonyl (C=O) groups is 1. The number of rotatable bonds is 9. The Hall–Kier alpha value is -2.56. The summed E-state index contributed by atoms with van der Waals surface area (Å²) >= 11 is 0. The highest BCUT2D eigenvalue weighted by molar-refractivity contribution is 14.0. The quantitative estimate of drug-likeness (QED) is 0.233. The average molecular weight is 570 g/mol. The third-order valence-corrected chi connectivity index (χ3v) is 5.24. The lowest BCUT2D eigenvalue weighted by atomic mass is 10.1. The number of nitrogens with zero attached hydrogens (tertiary/aromatic N) is 1. The van der Waals surface area contributed by atoms with Gasteiger partial charge in [-0.15, -0.1) is 24.0 Å². The highest BCUT2D eigenvalue weighted by Gasteiger charge is 2.22. The van der Waals surface area contributed by atoms with E-state index in [2.05, 4.69) is 20.9 Å². The van der Waals surface area contributed by atoms with Crippen LogP contribution >= 0.6 is 24.0 Å². The van der Waals surface area contributed by atoms with E-state index < -0.39 is 0 Å². The SMILES string of the molecule is CN=C(NCc1ccc(OC)c(NC(C)=O)c1)NC(C)c1ccc(OCC2CC2)c(F)c1.I. The van der Waals surface area contributed by atoms with Crippen LogP contribution in [0.25, 0.3) is 0 Å². The summed E-state index contributed by atoms with van der Waals surface area (Å²) < 4.78 is 25.3. The molecule has 33 heavy (non-hydrogen) atoms. The van der Waals surface area contributed by atoms with Gasteiger partial charge in [0.05, 0.1) is 25.4 Å². The van der Waals surface area contributed by atoms with Crippen molar-refractivity contribution < 1.29 is 18.7 Å². The van der Waals surface area contributed by atoms with E-state index in [1.807, 2.05) is 25.1 Å². The maximum absolute atomic E-state index is 14.4. The number of amides is 1. The van der Waals surface area contributed by atoms with Gasteiger partial charge in [-0.1, -0.05) is 12.1 Å². The summed E-state index contributed by atoms with van der Waals surface area (Å²) in [6.07, 6.45) is 2.33. The molecule has 7 nitrogen and oxygen atoms in total. The lowest BCUT2D eigenvalue weighted by Gasteiger charge is -2.19. The van der Waals surface area contributed by atoms with Crippen molar-refractivity contribution in [2.45, 2.75) is 39.3 Å². The first-order valence-corrected chi connectivity index (χ1v) is 10.7. The lowest BCUT2D eigenvalue weighted by Crippen LogP contribution is -2.38. The lowest BCUT2D eigenvalue weighted by molar-refractivity contribution is -0.114. The Morgan fingerprint density at radius 2 is 1.94 bits per heavy atom. The molecular formula is C24H32FIN4O3. The standard InChI is InChI=1S/C24H31FN4O3.HI/c1-15(19-8-10-22(20(25)12-19)32-14-17-5-6-17)28-24(26-3)27-13-18-7-9-23(31-4)21(11-18)29-16(2)30;/h7-12,15,17H,5-6,13-14H2,1-4H3,(H,29,30)(H2,26,27,28);1H. The Morgan fingerprint density at radius 1 is 1.21 bits per heavy atom. The largest absolute Gasteiger partial charge is 0.495 e. The van der Waals surface area contributed by atoms with Crippen molar-refractivity contribution in [3.05, 3.63) is 53.3 Å². The number of guanidine groups is 1. The number of halogens is 2. The van der Waals surface area contributed by atoms with E-state index in [0.29, 0.717) is 42.2 Å². The number of carbonyl (C=O) groups excluding carboxylic acids is 1. The molecule has 0 heterocycles. The molecule has 0 bridgehead atoms.